The molecule has 0 saturated carbocycles. The van der Waals surface area contributed by atoms with Crippen LogP contribution in [0.4, 0.5) is 0 Å². The quantitative estimate of drug-likeness (QED) is 0.778. The van der Waals surface area contributed by atoms with Gasteiger partial charge in [-0.25, -0.2) is 0 Å². The van der Waals surface area contributed by atoms with Crippen LogP contribution in [0.15, 0.2) is 0 Å². The van der Waals surface area contributed by atoms with Crippen molar-refractivity contribution in [2.24, 2.45) is 5.92 Å². The predicted molar refractivity (Wildman–Crippen MR) is 70.7 cm³/mol. The van der Waals surface area contributed by atoms with Crippen molar-refractivity contribution in [1.82, 2.24) is 10.2 Å². The van der Waals surface area contributed by atoms with Crippen molar-refractivity contribution >= 4 is 11.8 Å². The van der Waals surface area contributed by atoms with Gasteiger partial charge in [0, 0.05) is 24.4 Å². The molecule has 1 heterocycles. The molecule has 0 radical (unpaired) electrons. The minimum atomic E-state index is 0.737. The Morgan fingerprint density at radius 1 is 1.53 bits per heavy atom. The number of nitrogens with zero attached hydrogens (tertiary/aromatic N) is 1. The fourth-order valence-corrected chi connectivity index (χ4v) is 2.49. The molecule has 90 valence electrons. The Morgan fingerprint density at radius 3 is 2.80 bits per heavy atom. The van der Waals surface area contributed by atoms with Gasteiger partial charge in [-0.15, -0.1) is 0 Å². The second-order valence-corrected chi connectivity index (χ2v) is 6.00. The van der Waals surface area contributed by atoms with Gasteiger partial charge in [-0.2, -0.15) is 11.8 Å². The summed E-state index contributed by atoms with van der Waals surface area (Å²) in [6, 6.07) is 0.738. The summed E-state index contributed by atoms with van der Waals surface area (Å²) < 4.78 is 0. The molecule has 1 N–H and O–H groups in total. The summed E-state index contributed by atoms with van der Waals surface area (Å²) in [4.78, 5) is 2.56. The molecule has 0 aromatic heterocycles. The van der Waals surface area contributed by atoms with E-state index in [1.165, 1.54) is 26.1 Å². The third-order valence-corrected chi connectivity index (χ3v) is 4.48. The van der Waals surface area contributed by atoms with Crippen molar-refractivity contribution in [1.29, 1.82) is 0 Å². The molecule has 0 aromatic carbocycles. The van der Waals surface area contributed by atoms with Crippen LogP contribution in [-0.4, -0.2) is 48.6 Å². The van der Waals surface area contributed by atoms with E-state index in [-0.39, 0.29) is 0 Å². The van der Waals surface area contributed by atoms with E-state index in [4.69, 9.17) is 0 Å². The number of likely N-dealkylation sites (tertiary alicyclic amines) is 1. The number of hydrogen-bond acceptors (Lipinski definition) is 3. The van der Waals surface area contributed by atoms with E-state index in [2.05, 4.69) is 37.2 Å². The standard InChI is InChI=1S/C12H26N2S/c1-5-14-7-6-12(10(2)9-14)13-8-11(3)15-4/h10-13H,5-9H2,1-4H3/t10-,11-,12+/m1/s1. The lowest BCUT2D eigenvalue weighted by Crippen LogP contribution is -2.49. The number of hydrogen-bond donors (Lipinski definition) is 1. The summed E-state index contributed by atoms with van der Waals surface area (Å²) in [6.07, 6.45) is 3.51. The van der Waals surface area contributed by atoms with E-state index < -0.39 is 0 Å². The highest BCUT2D eigenvalue weighted by atomic mass is 32.2. The van der Waals surface area contributed by atoms with Gasteiger partial charge in [0.1, 0.15) is 0 Å². The summed E-state index contributed by atoms with van der Waals surface area (Å²) in [5, 5.41) is 4.46. The molecule has 0 aromatic rings. The third kappa shape index (κ3) is 4.33. The van der Waals surface area contributed by atoms with Crippen LogP contribution in [0.25, 0.3) is 0 Å². The van der Waals surface area contributed by atoms with Crippen molar-refractivity contribution in [3.63, 3.8) is 0 Å². The monoisotopic (exact) mass is 230 g/mol. The van der Waals surface area contributed by atoms with Crippen LogP contribution in [0.5, 0.6) is 0 Å². The number of rotatable bonds is 5. The van der Waals surface area contributed by atoms with E-state index >= 15 is 0 Å². The Morgan fingerprint density at radius 2 is 2.27 bits per heavy atom. The lowest BCUT2D eigenvalue weighted by Gasteiger charge is -2.37. The van der Waals surface area contributed by atoms with Gasteiger partial charge >= 0.3 is 0 Å². The minimum absolute atomic E-state index is 0.737. The Labute approximate surface area is 99.2 Å². The molecule has 0 bridgehead atoms. The van der Waals surface area contributed by atoms with Gasteiger partial charge in [0.05, 0.1) is 0 Å². The lowest BCUT2D eigenvalue weighted by atomic mass is 9.94. The van der Waals surface area contributed by atoms with Crippen LogP contribution in [-0.2, 0) is 0 Å². The Bertz CT molecular complexity index is 175. The molecular formula is C12H26N2S. The van der Waals surface area contributed by atoms with Crippen LogP contribution in [0.1, 0.15) is 27.2 Å². The van der Waals surface area contributed by atoms with E-state index in [1.54, 1.807) is 0 Å². The van der Waals surface area contributed by atoms with Crippen LogP contribution < -0.4 is 5.32 Å². The first kappa shape index (κ1) is 13.3. The van der Waals surface area contributed by atoms with Crippen LogP contribution in [0, 0.1) is 5.92 Å². The molecule has 3 heteroatoms. The van der Waals surface area contributed by atoms with Gasteiger partial charge in [-0.3, -0.25) is 0 Å². The minimum Gasteiger partial charge on any atom is -0.313 e. The fraction of sp³-hybridized carbons (Fsp3) is 1.00. The van der Waals surface area contributed by atoms with Crippen molar-refractivity contribution in [2.45, 2.75) is 38.5 Å². The number of thioether (sulfide) groups is 1. The van der Waals surface area contributed by atoms with Gasteiger partial charge in [0.25, 0.3) is 0 Å². The molecule has 2 nitrogen and oxygen atoms in total. The predicted octanol–water partition coefficient (Wildman–Crippen LogP) is 2.06. The molecule has 1 fully saturated rings. The van der Waals surface area contributed by atoms with Gasteiger partial charge in [-0.1, -0.05) is 20.8 Å². The summed E-state index contributed by atoms with van der Waals surface area (Å²) in [7, 11) is 0. The van der Waals surface area contributed by atoms with Crippen molar-refractivity contribution in [3.8, 4) is 0 Å². The molecule has 0 spiro atoms. The summed E-state index contributed by atoms with van der Waals surface area (Å²) in [5.41, 5.74) is 0. The lowest BCUT2D eigenvalue weighted by molar-refractivity contribution is 0.154. The summed E-state index contributed by atoms with van der Waals surface area (Å²) in [5.74, 6) is 0.799. The van der Waals surface area contributed by atoms with Crippen molar-refractivity contribution in [3.05, 3.63) is 0 Å². The molecule has 0 aliphatic carbocycles. The summed E-state index contributed by atoms with van der Waals surface area (Å²) >= 11 is 1.95. The molecule has 1 saturated heterocycles. The highest BCUT2D eigenvalue weighted by Gasteiger charge is 2.24. The molecular weight excluding hydrogens is 204 g/mol. The first-order valence-corrected chi connectivity index (χ1v) is 7.44. The number of nitrogens with one attached hydrogen (secondary N) is 1. The van der Waals surface area contributed by atoms with Gasteiger partial charge < -0.3 is 10.2 Å². The molecule has 0 amide bonds. The molecule has 1 aliphatic rings. The normalized spacial score (nSPS) is 30.4. The topological polar surface area (TPSA) is 15.3 Å². The third-order valence-electron chi connectivity index (χ3n) is 3.51. The van der Waals surface area contributed by atoms with E-state index in [1.807, 2.05) is 11.8 Å². The van der Waals surface area contributed by atoms with Crippen molar-refractivity contribution < 1.29 is 0 Å². The SMILES string of the molecule is CCN1CC[C@H](NC[C@@H](C)SC)[C@H](C)C1. The first-order chi connectivity index (χ1) is 7.17. The maximum Gasteiger partial charge on any atom is 0.0141 e. The van der Waals surface area contributed by atoms with Gasteiger partial charge in [-0.05, 0) is 31.7 Å². The van der Waals surface area contributed by atoms with Gasteiger partial charge in [0.15, 0.2) is 0 Å². The molecule has 1 aliphatic heterocycles. The fourth-order valence-electron chi connectivity index (χ4n) is 2.22. The van der Waals surface area contributed by atoms with E-state index in [0.717, 1.165) is 23.8 Å². The zero-order valence-corrected chi connectivity index (χ0v) is 11.4. The average molecular weight is 230 g/mol. The van der Waals surface area contributed by atoms with E-state index in [0.29, 0.717) is 0 Å². The maximum atomic E-state index is 3.72. The molecule has 1 rings (SSSR count). The molecule has 3 atom stereocenters. The van der Waals surface area contributed by atoms with Crippen LogP contribution >= 0.6 is 11.8 Å². The molecule has 0 unspecified atom stereocenters. The average Bonchev–Trinajstić information content (AvgIpc) is 2.26. The Balaban J connectivity index is 2.25. The zero-order chi connectivity index (χ0) is 11.3. The Hall–Kier alpha value is 0.270. The highest BCUT2D eigenvalue weighted by Crippen LogP contribution is 2.17. The van der Waals surface area contributed by atoms with Crippen LogP contribution in [0.3, 0.4) is 0 Å². The first-order valence-electron chi connectivity index (χ1n) is 6.15. The van der Waals surface area contributed by atoms with Crippen molar-refractivity contribution in [2.75, 3.05) is 32.4 Å². The molecule has 15 heavy (non-hydrogen) atoms. The number of piperidine rings is 1. The van der Waals surface area contributed by atoms with Gasteiger partial charge in [0.2, 0.25) is 0 Å². The largest absolute Gasteiger partial charge is 0.313 e. The Kier molecular flexibility index (Phi) is 6.02. The van der Waals surface area contributed by atoms with Crippen LogP contribution in [0.2, 0.25) is 0 Å². The smallest absolute Gasteiger partial charge is 0.0141 e. The zero-order valence-electron chi connectivity index (χ0n) is 10.6. The highest BCUT2D eigenvalue weighted by molar-refractivity contribution is 7.99. The van der Waals surface area contributed by atoms with E-state index in [9.17, 15) is 0 Å². The second kappa shape index (κ2) is 6.77. The maximum absolute atomic E-state index is 3.72. The summed E-state index contributed by atoms with van der Waals surface area (Å²) in [6.45, 7) is 11.8. The second-order valence-electron chi connectivity index (χ2n) is 4.72.